The van der Waals surface area contributed by atoms with Crippen LogP contribution in [0.4, 0.5) is 10.2 Å². The molecule has 0 aliphatic rings. The summed E-state index contributed by atoms with van der Waals surface area (Å²) in [5.74, 6) is -0.838. The number of aromatic nitrogens is 1. The van der Waals surface area contributed by atoms with Gasteiger partial charge in [0.15, 0.2) is 5.82 Å². The fraction of sp³-hybridized carbons (Fsp3) is 0.200. The fourth-order valence-corrected chi connectivity index (χ4v) is 5.13. The molecule has 0 bridgehead atoms. The van der Waals surface area contributed by atoms with E-state index in [2.05, 4.69) is 18.1 Å². The van der Waals surface area contributed by atoms with Gasteiger partial charge in [0.2, 0.25) is 15.7 Å². The van der Waals surface area contributed by atoms with Gasteiger partial charge in [0.25, 0.3) is 5.91 Å². The highest BCUT2D eigenvalue weighted by molar-refractivity contribution is 7.92. The largest absolute Gasteiger partial charge is 0.441 e. The Morgan fingerprint density at radius 2 is 1.85 bits per heavy atom. The van der Waals surface area contributed by atoms with Crippen LogP contribution < -0.4 is 10.0 Å². The quantitative estimate of drug-likeness (QED) is 0.236. The van der Waals surface area contributed by atoms with Gasteiger partial charge in [0.1, 0.15) is 11.6 Å². The Labute approximate surface area is 232 Å². The minimum absolute atomic E-state index is 0.0277. The van der Waals surface area contributed by atoms with Crippen molar-refractivity contribution in [1.29, 1.82) is 0 Å². The first-order valence-electron chi connectivity index (χ1n) is 12.4. The van der Waals surface area contributed by atoms with Crippen molar-refractivity contribution in [3.05, 3.63) is 114 Å². The highest BCUT2D eigenvalue weighted by Crippen LogP contribution is 2.35. The third kappa shape index (κ3) is 6.47. The molecule has 2 heterocycles. The molecule has 40 heavy (non-hydrogen) atoms. The number of benzene rings is 2. The number of hydrogen-bond donors (Lipinski definition) is 1. The lowest BCUT2D eigenvalue weighted by Gasteiger charge is -2.27. The van der Waals surface area contributed by atoms with E-state index in [-0.39, 0.29) is 42.4 Å². The molecule has 10 heteroatoms. The van der Waals surface area contributed by atoms with Crippen molar-refractivity contribution in [1.82, 2.24) is 4.98 Å². The molecule has 0 fully saturated rings. The maximum Gasteiger partial charge on any atom is 0.252 e. The number of carbonyl (C=O) groups excluding carboxylic acids is 1. The number of anilines is 1. The summed E-state index contributed by atoms with van der Waals surface area (Å²) in [6.07, 6.45) is 2.07. The molecule has 0 saturated heterocycles. The predicted octanol–water partition coefficient (Wildman–Crippen LogP) is 5.23. The zero-order valence-corrected chi connectivity index (χ0v) is 23.1. The molecule has 208 valence electrons. The molecular formula is C30H30FN3O5S. The van der Waals surface area contributed by atoms with Gasteiger partial charge < -0.3 is 14.9 Å². The molecule has 2 aromatic heterocycles. The van der Waals surface area contributed by atoms with Crippen molar-refractivity contribution in [3.63, 3.8) is 0 Å². The van der Waals surface area contributed by atoms with E-state index in [1.165, 1.54) is 18.2 Å². The molecule has 0 aliphatic heterocycles. The van der Waals surface area contributed by atoms with E-state index in [1.807, 2.05) is 30.3 Å². The first-order valence-corrected chi connectivity index (χ1v) is 14.2. The first-order chi connectivity index (χ1) is 19.0. The number of pyridine rings is 1. The van der Waals surface area contributed by atoms with E-state index in [9.17, 15) is 17.6 Å². The van der Waals surface area contributed by atoms with Gasteiger partial charge in [-0.15, -0.1) is 6.58 Å². The van der Waals surface area contributed by atoms with Gasteiger partial charge >= 0.3 is 0 Å². The van der Waals surface area contributed by atoms with Crippen LogP contribution in [0.3, 0.4) is 0 Å². The number of rotatable bonds is 12. The van der Waals surface area contributed by atoms with E-state index >= 15 is 0 Å². The smallest absolute Gasteiger partial charge is 0.252 e. The number of ether oxygens (including phenoxy) is 1. The van der Waals surface area contributed by atoms with Crippen LogP contribution in [0.2, 0.25) is 0 Å². The second-order valence-electron chi connectivity index (χ2n) is 9.43. The molecular weight excluding hydrogens is 533 g/mol. The highest BCUT2D eigenvalue weighted by Gasteiger charge is 2.29. The zero-order chi connectivity index (χ0) is 29.0. The maximum atomic E-state index is 13.4. The maximum absolute atomic E-state index is 13.4. The van der Waals surface area contributed by atoms with Crippen LogP contribution in [0.15, 0.2) is 84.3 Å². The Morgan fingerprint density at radius 3 is 2.42 bits per heavy atom. The molecule has 4 rings (SSSR count). The monoisotopic (exact) mass is 563 g/mol. The summed E-state index contributed by atoms with van der Waals surface area (Å²) in [6, 6.07) is 16.8. The number of halogens is 1. The summed E-state index contributed by atoms with van der Waals surface area (Å²) in [5.41, 5.74) is 8.37. The minimum Gasteiger partial charge on any atom is -0.441 e. The molecule has 0 spiro atoms. The SMILES string of the molecule is C=CC(CN(c1nc2oc(Cc3ccc(F)cc3)c(C(N)=O)c2cc1C(=C)C)S(C)(=O)=O)OCc1ccccc1. The fourth-order valence-electron chi connectivity index (χ4n) is 4.26. The number of furan rings is 1. The lowest BCUT2D eigenvalue weighted by molar-refractivity contribution is 0.0783. The molecule has 1 atom stereocenters. The number of fused-ring (bicyclic) bond motifs is 1. The molecule has 4 aromatic rings. The predicted molar refractivity (Wildman–Crippen MR) is 154 cm³/mol. The minimum atomic E-state index is -3.87. The Bertz CT molecular complexity index is 1670. The van der Waals surface area contributed by atoms with Crippen molar-refractivity contribution < 1.29 is 26.8 Å². The average molecular weight is 564 g/mol. The van der Waals surface area contributed by atoms with E-state index in [1.54, 1.807) is 25.1 Å². The number of sulfonamides is 1. The Balaban J connectivity index is 1.78. The standard InChI is InChI=1S/C30H30FN3O5S/c1-5-23(38-18-21-9-7-6-8-10-21)17-34(40(4,36)37)29-24(19(2)3)16-25-27(28(32)35)26(39-30(25)33-29)15-20-11-13-22(31)14-12-20/h5-14,16,23H,1-2,15,17-18H2,3-4H3,(H2,32,35). The number of carbonyl (C=O) groups is 1. The Hall–Kier alpha value is -4.28. The number of amides is 1. The van der Waals surface area contributed by atoms with Gasteiger partial charge in [0.05, 0.1) is 36.5 Å². The Kier molecular flexibility index (Phi) is 8.51. The molecule has 0 aliphatic carbocycles. The second kappa shape index (κ2) is 11.8. The Morgan fingerprint density at radius 1 is 1.18 bits per heavy atom. The van der Waals surface area contributed by atoms with E-state index in [4.69, 9.17) is 14.9 Å². The normalized spacial score (nSPS) is 12.3. The molecule has 0 radical (unpaired) electrons. The van der Waals surface area contributed by atoms with Crippen molar-refractivity contribution in [2.45, 2.75) is 26.1 Å². The lowest BCUT2D eigenvalue weighted by atomic mass is 10.0. The van der Waals surface area contributed by atoms with Crippen LogP contribution in [-0.4, -0.2) is 38.2 Å². The van der Waals surface area contributed by atoms with E-state index in [0.717, 1.165) is 16.1 Å². The molecule has 1 unspecified atom stereocenters. The summed E-state index contributed by atoms with van der Waals surface area (Å²) in [5, 5.41) is 0.320. The van der Waals surface area contributed by atoms with Crippen molar-refractivity contribution >= 4 is 38.4 Å². The van der Waals surface area contributed by atoms with Crippen LogP contribution in [0.1, 0.15) is 39.7 Å². The second-order valence-corrected chi connectivity index (χ2v) is 11.3. The summed E-state index contributed by atoms with van der Waals surface area (Å²) < 4.78 is 52.5. The lowest BCUT2D eigenvalue weighted by Crippen LogP contribution is -2.38. The highest BCUT2D eigenvalue weighted by atomic mass is 32.2. The van der Waals surface area contributed by atoms with Crippen molar-refractivity contribution in [3.8, 4) is 0 Å². The van der Waals surface area contributed by atoms with Gasteiger partial charge in [-0.05, 0) is 41.8 Å². The number of allylic oxidation sites excluding steroid dienone is 1. The molecule has 0 saturated carbocycles. The average Bonchev–Trinajstić information content (AvgIpc) is 3.26. The van der Waals surface area contributed by atoms with Gasteiger partial charge in [0, 0.05) is 12.0 Å². The van der Waals surface area contributed by atoms with Gasteiger partial charge in [-0.2, -0.15) is 4.98 Å². The van der Waals surface area contributed by atoms with Crippen LogP contribution >= 0.6 is 0 Å². The summed E-state index contributed by atoms with van der Waals surface area (Å²) in [7, 11) is -3.87. The molecule has 8 nitrogen and oxygen atoms in total. The van der Waals surface area contributed by atoms with Gasteiger partial charge in [-0.1, -0.05) is 55.1 Å². The third-order valence-electron chi connectivity index (χ3n) is 6.27. The topological polar surface area (TPSA) is 116 Å². The third-order valence-corrected chi connectivity index (χ3v) is 7.39. The summed E-state index contributed by atoms with van der Waals surface area (Å²) in [6.45, 7) is 9.65. The van der Waals surface area contributed by atoms with Crippen LogP contribution in [0.25, 0.3) is 16.7 Å². The zero-order valence-electron chi connectivity index (χ0n) is 22.3. The first kappa shape index (κ1) is 28.7. The van der Waals surface area contributed by atoms with Crippen LogP contribution in [-0.2, 0) is 27.8 Å². The molecule has 1 amide bonds. The number of nitrogens with zero attached hydrogens (tertiary/aromatic N) is 2. The van der Waals surface area contributed by atoms with E-state index in [0.29, 0.717) is 22.1 Å². The van der Waals surface area contributed by atoms with Crippen molar-refractivity contribution in [2.75, 3.05) is 17.1 Å². The number of hydrogen-bond acceptors (Lipinski definition) is 6. The summed E-state index contributed by atoms with van der Waals surface area (Å²) in [4.78, 5) is 17.0. The van der Waals surface area contributed by atoms with Gasteiger partial charge in [-0.25, -0.2) is 12.8 Å². The number of nitrogens with two attached hydrogens (primary N) is 1. The van der Waals surface area contributed by atoms with Crippen molar-refractivity contribution in [2.24, 2.45) is 5.73 Å². The van der Waals surface area contributed by atoms with E-state index < -0.39 is 27.9 Å². The summed E-state index contributed by atoms with van der Waals surface area (Å²) >= 11 is 0. The molecule has 2 N–H and O–H groups in total. The van der Waals surface area contributed by atoms with Crippen LogP contribution in [0, 0.1) is 5.82 Å². The van der Waals surface area contributed by atoms with Gasteiger partial charge in [-0.3, -0.25) is 9.10 Å². The van der Waals surface area contributed by atoms with Crippen LogP contribution in [0.5, 0.6) is 0 Å². The number of primary amides is 1. The molecule has 2 aromatic carbocycles.